The fourth-order valence-corrected chi connectivity index (χ4v) is 1.30. The molecule has 0 saturated carbocycles. The van der Waals surface area contributed by atoms with E-state index in [2.05, 4.69) is 4.98 Å². The normalized spacial score (nSPS) is 10.5. The maximum Gasteiger partial charge on any atom is 0.269 e. The number of pyridine rings is 1. The van der Waals surface area contributed by atoms with Crippen molar-refractivity contribution < 1.29 is 18.3 Å². The van der Waals surface area contributed by atoms with Gasteiger partial charge < -0.3 is 15.2 Å². The van der Waals surface area contributed by atoms with Gasteiger partial charge in [0, 0.05) is 12.1 Å². The van der Waals surface area contributed by atoms with Crippen LogP contribution in [0, 0.1) is 0 Å². The fourth-order valence-electron chi connectivity index (χ4n) is 1.30. The molecule has 0 atom stereocenters. The minimum absolute atomic E-state index is 0.0538. The Morgan fingerprint density at radius 1 is 1.40 bits per heavy atom. The Balaban J connectivity index is 3.37. The highest BCUT2D eigenvalue weighted by molar-refractivity contribution is 5.44. The number of rotatable bonds is 4. The van der Waals surface area contributed by atoms with Crippen LogP contribution in [-0.4, -0.2) is 19.2 Å². The van der Waals surface area contributed by atoms with E-state index in [1.165, 1.54) is 20.4 Å². The lowest BCUT2D eigenvalue weighted by atomic mass is 10.1. The molecule has 0 radical (unpaired) electrons. The topological polar surface area (TPSA) is 57.4 Å². The molecule has 0 bridgehead atoms. The highest BCUT2D eigenvalue weighted by Crippen LogP contribution is 2.34. The zero-order valence-corrected chi connectivity index (χ0v) is 8.46. The molecule has 0 saturated heterocycles. The first-order chi connectivity index (χ1) is 7.15. The fraction of sp³-hybridized carbons (Fsp3) is 0.444. The number of aromatic nitrogens is 1. The van der Waals surface area contributed by atoms with Gasteiger partial charge in [-0.2, -0.15) is 0 Å². The van der Waals surface area contributed by atoms with E-state index in [-0.39, 0.29) is 29.3 Å². The van der Waals surface area contributed by atoms with Crippen molar-refractivity contribution in [1.29, 1.82) is 0 Å². The van der Waals surface area contributed by atoms with Crippen molar-refractivity contribution in [2.75, 3.05) is 14.2 Å². The lowest BCUT2D eigenvalue weighted by Crippen LogP contribution is -2.08. The van der Waals surface area contributed by atoms with E-state index in [4.69, 9.17) is 15.2 Å². The number of ether oxygens (including phenoxy) is 2. The predicted octanol–water partition coefficient (Wildman–Crippen LogP) is 1.50. The highest BCUT2D eigenvalue weighted by Gasteiger charge is 2.22. The molecular formula is C9H12F2N2O2. The quantitative estimate of drug-likeness (QED) is 0.831. The van der Waals surface area contributed by atoms with Gasteiger partial charge in [0.25, 0.3) is 6.43 Å². The van der Waals surface area contributed by atoms with Crippen molar-refractivity contribution >= 4 is 0 Å². The number of alkyl halides is 2. The summed E-state index contributed by atoms with van der Waals surface area (Å²) in [7, 11) is 2.65. The number of methoxy groups -OCH3 is 2. The van der Waals surface area contributed by atoms with Gasteiger partial charge >= 0.3 is 0 Å². The van der Waals surface area contributed by atoms with Crippen LogP contribution >= 0.6 is 0 Å². The third-order valence-corrected chi connectivity index (χ3v) is 1.99. The van der Waals surface area contributed by atoms with E-state index in [1.807, 2.05) is 0 Å². The van der Waals surface area contributed by atoms with E-state index < -0.39 is 6.43 Å². The summed E-state index contributed by atoms with van der Waals surface area (Å²) in [5, 5.41) is 0. The van der Waals surface area contributed by atoms with E-state index in [0.717, 1.165) is 0 Å². The van der Waals surface area contributed by atoms with Gasteiger partial charge in [-0.15, -0.1) is 0 Å². The van der Waals surface area contributed by atoms with Crippen LogP contribution in [0.2, 0.25) is 0 Å². The zero-order chi connectivity index (χ0) is 11.4. The Kier molecular flexibility index (Phi) is 3.79. The molecule has 1 heterocycles. The molecule has 6 heteroatoms. The molecular weight excluding hydrogens is 206 g/mol. The first-order valence-corrected chi connectivity index (χ1v) is 4.23. The van der Waals surface area contributed by atoms with Gasteiger partial charge in [0.15, 0.2) is 0 Å². The average molecular weight is 218 g/mol. The molecule has 0 amide bonds. The van der Waals surface area contributed by atoms with Crippen LogP contribution in [0.5, 0.6) is 11.6 Å². The summed E-state index contributed by atoms with van der Waals surface area (Å²) < 4.78 is 35.1. The molecule has 4 nitrogen and oxygen atoms in total. The molecule has 0 aliphatic heterocycles. The maximum atomic E-state index is 12.7. The Labute approximate surface area is 86.0 Å². The molecule has 0 aliphatic carbocycles. The highest BCUT2D eigenvalue weighted by atomic mass is 19.3. The molecule has 0 unspecified atom stereocenters. The summed E-state index contributed by atoms with van der Waals surface area (Å²) in [6.07, 6.45) is -1.38. The molecule has 15 heavy (non-hydrogen) atoms. The van der Waals surface area contributed by atoms with E-state index in [0.29, 0.717) is 0 Å². The largest absolute Gasteiger partial charge is 0.495 e. The summed E-state index contributed by atoms with van der Waals surface area (Å²) in [4.78, 5) is 3.72. The van der Waals surface area contributed by atoms with Crippen molar-refractivity contribution in [3.05, 3.63) is 17.3 Å². The van der Waals surface area contributed by atoms with Gasteiger partial charge in [0.05, 0.1) is 26.0 Å². The standard InChI is InChI=1S/C9H12F2N2O2/c1-14-6-4-13-9(15-2)7(8(10)11)5(6)3-12/h4,8H,3,12H2,1-2H3. The van der Waals surface area contributed by atoms with Gasteiger partial charge in [-0.25, -0.2) is 13.8 Å². The monoisotopic (exact) mass is 218 g/mol. The summed E-state index contributed by atoms with van der Waals surface area (Å²) in [6, 6.07) is 0. The van der Waals surface area contributed by atoms with Crippen molar-refractivity contribution in [3.8, 4) is 11.6 Å². The van der Waals surface area contributed by atoms with Crippen LogP contribution in [0.3, 0.4) is 0 Å². The van der Waals surface area contributed by atoms with Crippen LogP contribution < -0.4 is 15.2 Å². The molecule has 0 spiro atoms. The molecule has 1 rings (SSSR count). The number of nitrogens with zero attached hydrogens (tertiary/aromatic N) is 1. The summed E-state index contributed by atoms with van der Waals surface area (Å²) >= 11 is 0. The Bertz CT molecular complexity index is 345. The van der Waals surface area contributed by atoms with Crippen LogP contribution in [-0.2, 0) is 6.54 Å². The van der Waals surface area contributed by atoms with E-state index >= 15 is 0 Å². The van der Waals surface area contributed by atoms with Crippen LogP contribution in [0.15, 0.2) is 6.20 Å². The number of halogens is 2. The minimum Gasteiger partial charge on any atom is -0.495 e. The minimum atomic E-state index is -2.69. The molecule has 0 aliphatic rings. The second-order valence-electron chi connectivity index (χ2n) is 2.73. The van der Waals surface area contributed by atoms with Gasteiger partial charge in [-0.05, 0) is 0 Å². The molecule has 84 valence electrons. The van der Waals surface area contributed by atoms with Gasteiger partial charge in [-0.3, -0.25) is 0 Å². The lowest BCUT2D eigenvalue weighted by molar-refractivity contribution is 0.144. The Hall–Kier alpha value is -1.43. The summed E-state index contributed by atoms with van der Waals surface area (Å²) in [5.74, 6) is 0.125. The SMILES string of the molecule is COc1cnc(OC)c(C(F)F)c1CN. The molecule has 1 aromatic heterocycles. The average Bonchev–Trinajstić information content (AvgIpc) is 2.26. The zero-order valence-electron chi connectivity index (χ0n) is 8.46. The Morgan fingerprint density at radius 2 is 2.07 bits per heavy atom. The van der Waals surface area contributed by atoms with Crippen molar-refractivity contribution in [2.24, 2.45) is 5.73 Å². The number of nitrogens with two attached hydrogens (primary N) is 1. The van der Waals surface area contributed by atoms with Gasteiger partial charge in [0.1, 0.15) is 5.75 Å². The molecule has 0 aromatic carbocycles. The van der Waals surface area contributed by atoms with E-state index in [1.54, 1.807) is 0 Å². The predicted molar refractivity (Wildman–Crippen MR) is 50.2 cm³/mol. The summed E-state index contributed by atoms with van der Waals surface area (Å²) in [6.45, 7) is -0.0538. The van der Waals surface area contributed by atoms with Crippen molar-refractivity contribution in [2.45, 2.75) is 13.0 Å². The van der Waals surface area contributed by atoms with Crippen LogP contribution in [0.25, 0.3) is 0 Å². The molecule has 1 aromatic rings. The second-order valence-corrected chi connectivity index (χ2v) is 2.73. The van der Waals surface area contributed by atoms with E-state index in [9.17, 15) is 8.78 Å². The van der Waals surface area contributed by atoms with Gasteiger partial charge in [0.2, 0.25) is 5.88 Å². The Morgan fingerprint density at radius 3 is 2.47 bits per heavy atom. The lowest BCUT2D eigenvalue weighted by Gasteiger charge is -2.14. The van der Waals surface area contributed by atoms with Crippen LogP contribution in [0.1, 0.15) is 17.6 Å². The first kappa shape index (κ1) is 11.6. The van der Waals surface area contributed by atoms with Crippen LogP contribution in [0.4, 0.5) is 8.78 Å². The van der Waals surface area contributed by atoms with Crippen molar-refractivity contribution in [1.82, 2.24) is 4.98 Å². The number of hydrogen-bond acceptors (Lipinski definition) is 4. The maximum absolute atomic E-state index is 12.7. The summed E-state index contributed by atoms with van der Waals surface area (Å²) in [5.41, 5.74) is 5.31. The van der Waals surface area contributed by atoms with Gasteiger partial charge in [-0.1, -0.05) is 0 Å². The third-order valence-electron chi connectivity index (χ3n) is 1.99. The molecule has 2 N–H and O–H groups in total. The molecule has 0 fully saturated rings. The first-order valence-electron chi connectivity index (χ1n) is 4.23. The third kappa shape index (κ3) is 2.15. The number of hydrogen-bond donors (Lipinski definition) is 1. The van der Waals surface area contributed by atoms with Crippen molar-refractivity contribution in [3.63, 3.8) is 0 Å². The second kappa shape index (κ2) is 4.88. The smallest absolute Gasteiger partial charge is 0.269 e.